The van der Waals surface area contributed by atoms with Crippen LogP contribution in [0.4, 0.5) is 0 Å². The maximum Gasteiger partial charge on any atom is 0.127 e. The van der Waals surface area contributed by atoms with Crippen molar-refractivity contribution in [3.8, 4) is 11.5 Å². The third-order valence-electron chi connectivity index (χ3n) is 3.45. The second kappa shape index (κ2) is 4.94. The van der Waals surface area contributed by atoms with Crippen molar-refractivity contribution in [2.75, 3.05) is 7.11 Å². The minimum absolute atomic E-state index is 0.139. The smallest absolute Gasteiger partial charge is 0.127 e. The van der Waals surface area contributed by atoms with Crippen LogP contribution in [0, 0.1) is 0 Å². The van der Waals surface area contributed by atoms with Crippen LogP contribution >= 0.6 is 0 Å². The van der Waals surface area contributed by atoms with Crippen LogP contribution in [-0.4, -0.2) is 12.2 Å². The fourth-order valence-electron chi connectivity index (χ4n) is 2.44. The molecule has 0 spiro atoms. The topological polar surface area (TPSA) is 38.7 Å². The molecule has 0 fully saturated rings. The Kier molecular flexibility index (Phi) is 3.13. The first-order chi connectivity index (χ1) is 9.28. The second-order valence-corrected chi connectivity index (χ2v) is 4.67. The molecule has 0 saturated carbocycles. The lowest BCUT2D eigenvalue weighted by Gasteiger charge is -2.30. The zero-order chi connectivity index (χ0) is 13.2. The van der Waals surface area contributed by atoms with E-state index in [1.165, 1.54) is 0 Å². The van der Waals surface area contributed by atoms with Gasteiger partial charge in [-0.15, -0.1) is 0 Å². The number of rotatable bonds is 2. The predicted octanol–water partition coefficient (Wildman–Crippen LogP) is 3.25. The van der Waals surface area contributed by atoms with Gasteiger partial charge in [0.2, 0.25) is 0 Å². The van der Waals surface area contributed by atoms with Gasteiger partial charge >= 0.3 is 0 Å². The molecule has 3 heteroatoms. The van der Waals surface area contributed by atoms with E-state index in [0.29, 0.717) is 6.42 Å². The largest absolute Gasteiger partial charge is 0.497 e. The number of para-hydroxylation sites is 1. The van der Waals surface area contributed by atoms with Crippen LogP contribution in [0.1, 0.15) is 29.8 Å². The van der Waals surface area contributed by atoms with Gasteiger partial charge in [-0.1, -0.05) is 30.3 Å². The number of benzene rings is 2. The molecule has 1 aliphatic rings. The molecule has 1 unspecified atom stereocenters. The van der Waals surface area contributed by atoms with Crippen LogP contribution in [0.5, 0.6) is 11.5 Å². The normalized spacial score (nSPS) is 21.4. The SMILES string of the molecule is COc1cccc(C2C[C@H](O)c3ccccc3O2)c1. The fourth-order valence-corrected chi connectivity index (χ4v) is 2.44. The summed E-state index contributed by atoms with van der Waals surface area (Å²) >= 11 is 0. The highest BCUT2D eigenvalue weighted by molar-refractivity contribution is 5.39. The quantitative estimate of drug-likeness (QED) is 0.896. The standard InChI is InChI=1S/C16H16O3/c1-18-12-6-4-5-11(9-12)16-10-14(17)13-7-2-3-8-15(13)19-16/h2-9,14,16-17H,10H2,1H3/t14-,16?/m0/s1. The summed E-state index contributed by atoms with van der Waals surface area (Å²) in [5.74, 6) is 1.56. The Hall–Kier alpha value is -2.00. The van der Waals surface area contributed by atoms with Crippen molar-refractivity contribution in [3.63, 3.8) is 0 Å². The molecule has 0 bridgehead atoms. The summed E-state index contributed by atoms with van der Waals surface area (Å²) in [5.41, 5.74) is 1.88. The molecule has 3 nitrogen and oxygen atoms in total. The summed E-state index contributed by atoms with van der Waals surface area (Å²) < 4.78 is 11.2. The third-order valence-corrected chi connectivity index (χ3v) is 3.45. The molecular formula is C16H16O3. The molecular weight excluding hydrogens is 240 g/mol. The molecule has 2 aromatic carbocycles. The van der Waals surface area contributed by atoms with E-state index in [4.69, 9.17) is 9.47 Å². The summed E-state index contributed by atoms with van der Waals surface area (Å²) in [7, 11) is 1.64. The molecule has 2 atom stereocenters. The van der Waals surface area contributed by atoms with Crippen LogP contribution in [0.3, 0.4) is 0 Å². The van der Waals surface area contributed by atoms with Gasteiger partial charge in [-0.2, -0.15) is 0 Å². The Morgan fingerprint density at radius 1 is 1.16 bits per heavy atom. The minimum Gasteiger partial charge on any atom is -0.497 e. The first kappa shape index (κ1) is 12.1. The average Bonchev–Trinajstić information content (AvgIpc) is 2.47. The van der Waals surface area contributed by atoms with Gasteiger partial charge < -0.3 is 14.6 Å². The Bertz CT molecular complexity index is 580. The Morgan fingerprint density at radius 2 is 2.00 bits per heavy atom. The summed E-state index contributed by atoms with van der Waals surface area (Å²) in [6, 6.07) is 15.4. The molecule has 1 aliphatic heterocycles. The van der Waals surface area contributed by atoms with E-state index >= 15 is 0 Å². The monoisotopic (exact) mass is 256 g/mol. The van der Waals surface area contributed by atoms with Gasteiger partial charge in [0, 0.05) is 12.0 Å². The number of methoxy groups -OCH3 is 1. The van der Waals surface area contributed by atoms with Gasteiger partial charge in [-0.05, 0) is 23.8 Å². The van der Waals surface area contributed by atoms with Gasteiger partial charge in [-0.3, -0.25) is 0 Å². The van der Waals surface area contributed by atoms with E-state index in [2.05, 4.69) is 0 Å². The number of aliphatic hydroxyl groups is 1. The van der Waals surface area contributed by atoms with Crippen LogP contribution in [0.15, 0.2) is 48.5 Å². The van der Waals surface area contributed by atoms with E-state index in [9.17, 15) is 5.11 Å². The van der Waals surface area contributed by atoms with Crippen molar-refractivity contribution in [1.29, 1.82) is 0 Å². The van der Waals surface area contributed by atoms with Crippen molar-refractivity contribution >= 4 is 0 Å². The lowest BCUT2D eigenvalue weighted by Crippen LogP contribution is -2.18. The van der Waals surface area contributed by atoms with Crippen molar-refractivity contribution in [2.24, 2.45) is 0 Å². The van der Waals surface area contributed by atoms with E-state index in [1.54, 1.807) is 7.11 Å². The molecule has 2 aromatic rings. The van der Waals surface area contributed by atoms with E-state index < -0.39 is 6.10 Å². The molecule has 0 radical (unpaired) electrons. The van der Waals surface area contributed by atoms with Crippen molar-refractivity contribution in [1.82, 2.24) is 0 Å². The zero-order valence-corrected chi connectivity index (χ0v) is 10.7. The van der Waals surface area contributed by atoms with Crippen molar-refractivity contribution in [2.45, 2.75) is 18.6 Å². The number of fused-ring (bicyclic) bond motifs is 1. The molecule has 1 heterocycles. The highest BCUT2D eigenvalue weighted by Gasteiger charge is 2.27. The molecule has 0 aliphatic carbocycles. The average molecular weight is 256 g/mol. The van der Waals surface area contributed by atoms with Crippen molar-refractivity contribution in [3.05, 3.63) is 59.7 Å². The number of ether oxygens (including phenoxy) is 2. The first-order valence-electron chi connectivity index (χ1n) is 6.35. The van der Waals surface area contributed by atoms with E-state index in [-0.39, 0.29) is 6.10 Å². The summed E-state index contributed by atoms with van der Waals surface area (Å²) in [6.07, 6.45) is -0.0642. The van der Waals surface area contributed by atoms with Gasteiger partial charge in [0.05, 0.1) is 13.2 Å². The maximum atomic E-state index is 10.2. The number of aliphatic hydroxyl groups excluding tert-OH is 1. The number of hydrogen-bond acceptors (Lipinski definition) is 3. The maximum absolute atomic E-state index is 10.2. The van der Waals surface area contributed by atoms with Crippen molar-refractivity contribution < 1.29 is 14.6 Å². The molecule has 1 N–H and O–H groups in total. The van der Waals surface area contributed by atoms with Gasteiger partial charge in [0.15, 0.2) is 0 Å². The molecule has 19 heavy (non-hydrogen) atoms. The summed E-state index contributed by atoms with van der Waals surface area (Å²) in [6.45, 7) is 0. The second-order valence-electron chi connectivity index (χ2n) is 4.67. The van der Waals surface area contributed by atoms with Crippen LogP contribution < -0.4 is 9.47 Å². The van der Waals surface area contributed by atoms with Gasteiger partial charge in [0.25, 0.3) is 0 Å². The molecule has 0 amide bonds. The van der Waals surface area contributed by atoms with E-state index in [0.717, 1.165) is 22.6 Å². The van der Waals surface area contributed by atoms with Crippen LogP contribution in [0.25, 0.3) is 0 Å². The Morgan fingerprint density at radius 3 is 2.84 bits per heavy atom. The summed E-state index contributed by atoms with van der Waals surface area (Å²) in [5, 5.41) is 10.2. The highest BCUT2D eigenvalue weighted by atomic mass is 16.5. The predicted molar refractivity (Wildman–Crippen MR) is 72.4 cm³/mol. The van der Waals surface area contributed by atoms with E-state index in [1.807, 2.05) is 48.5 Å². The lowest BCUT2D eigenvalue weighted by atomic mass is 9.95. The Labute approximate surface area is 112 Å². The molecule has 0 saturated heterocycles. The summed E-state index contributed by atoms with van der Waals surface area (Å²) in [4.78, 5) is 0. The minimum atomic E-state index is -0.485. The lowest BCUT2D eigenvalue weighted by molar-refractivity contribution is 0.0656. The number of hydrogen-bond donors (Lipinski definition) is 1. The highest BCUT2D eigenvalue weighted by Crippen LogP contribution is 2.40. The van der Waals surface area contributed by atoms with Crippen LogP contribution in [-0.2, 0) is 0 Å². The van der Waals surface area contributed by atoms with Gasteiger partial charge in [0.1, 0.15) is 17.6 Å². The fraction of sp³-hybridized carbons (Fsp3) is 0.250. The van der Waals surface area contributed by atoms with Gasteiger partial charge in [-0.25, -0.2) is 0 Å². The Balaban J connectivity index is 1.92. The first-order valence-corrected chi connectivity index (χ1v) is 6.35. The molecule has 3 rings (SSSR count). The molecule has 0 aromatic heterocycles. The third kappa shape index (κ3) is 2.29. The van der Waals surface area contributed by atoms with Crippen LogP contribution in [0.2, 0.25) is 0 Å². The molecule has 98 valence electrons. The zero-order valence-electron chi connectivity index (χ0n) is 10.7.